The monoisotopic (exact) mass is 204 g/mol. The van der Waals surface area contributed by atoms with Gasteiger partial charge in [0.25, 0.3) is 0 Å². The SMILES string of the molecule is CCc1c(C)nc(-c2cn[nH]n2)nc1N. The minimum atomic E-state index is 0.510. The number of nitrogens with two attached hydrogens (primary N) is 1. The molecule has 0 fully saturated rings. The Hall–Kier alpha value is -1.98. The normalized spacial score (nSPS) is 10.5. The molecule has 0 amide bonds. The summed E-state index contributed by atoms with van der Waals surface area (Å²) in [5.41, 5.74) is 8.31. The van der Waals surface area contributed by atoms with Gasteiger partial charge in [-0.2, -0.15) is 15.4 Å². The van der Waals surface area contributed by atoms with Crippen LogP contribution in [0.1, 0.15) is 18.2 Å². The van der Waals surface area contributed by atoms with Gasteiger partial charge in [0.15, 0.2) is 5.82 Å². The number of H-pyrrole nitrogens is 1. The molecule has 0 saturated carbocycles. The maximum atomic E-state index is 5.83. The molecule has 2 aromatic heterocycles. The van der Waals surface area contributed by atoms with Crippen molar-refractivity contribution >= 4 is 5.82 Å². The lowest BCUT2D eigenvalue weighted by atomic mass is 10.1. The number of hydrogen-bond acceptors (Lipinski definition) is 5. The first-order chi connectivity index (χ1) is 7.22. The smallest absolute Gasteiger partial charge is 0.183 e. The molecule has 0 aliphatic carbocycles. The molecule has 78 valence electrons. The average molecular weight is 204 g/mol. The third kappa shape index (κ3) is 1.65. The summed E-state index contributed by atoms with van der Waals surface area (Å²) in [6.07, 6.45) is 2.40. The number of nitrogens with zero attached hydrogens (tertiary/aromatic N) is 4. The highest BCUT2D eigenvalue weighted by molar-refractivity contribution is 5.53. The molecule has 0 spiro atoms. The fourth-order valence-electron chi connectivity index (χ4n) is 1.48. The minimum absolute atomic E-state index is 0.510. The molecule has 0 aromatic carbocycles. The zero-order valence-electron chi connectivity index (χ0n) is 8.65. The van der Waals surface area contributed by atoms with Gasteiger partial charge in [0.2, 0.25) is 0 Å². The summed E-state index contributed by atoms with van der Waals surface area (Å²) < 4.78 is 0. The molecule has 0 aliphatic rings. The highest BCUT2D eigenvalue weighted by Crippen LogP contribution is 2.18. The van der Waals surface area contributed by atoms with Crippen molar-refractivity contribution in [3.05, 3.63) is 17.5 Å². The van der Waals surface area contributed by atoms with Crippen LogP contribution in [-0.4, -0.2) is 25.4 Å². The van der Waals surface area contributed by atoms with Gasteiger partial charge in [0, 0.05) is 11.3 Å². The van der Waals surface area contributed by atoms with Gasteiger partial charge in [0.05, 0.1) is 6.20 Å². The number of nitrogens with one attached hydrogen (secondary N) is 1. The molecule has 0 unspecified atom stereocenters. The van der Waals surface area contributed by atoms with Gasteiger partial charge in [-0.05, 0) is 13.3 Å². The fourth-order valence-corrected chi connectivity index (χ4v) is 1.48. The number of rotatable bonds is 2. The molecule has 6 nitrogen and oxygen atoms in total. The molecule has 2 heterocycles. The van der Waals surface area contributed by atoms with Gasteiger partial charge in [-0.25, -0.2) is 9.97 Å². The van der Waals surface area contributed by atoms with E-state index in [9.17, 15) is 0 Å². The first kappa shape index (κ1) is 9.57. The summed E-state index contributed by atoms with van der Waals surface area (Å²) in [6.45, 7) is 3.94. The lowest BCUT2D eigenvalue weighted by Crippen LogP contribution is -2.04. The van der Waals surface area contributed by atoms with Crippen LogP contribution < -0.4 is 5.73 Å². The van der Waals surface area contributed by atoms with E-state index in [1.807, 2.05) is 13.8 Å². The molecular weight excluding hydrogens is 192 g/mol. The first-order valence-electron chi connectivity index (χ1n) is 4.71. The summed E-state index contributed by atoms with van der Waals surface area (Å²) >= 11 is 0. The molecule has 0 saturated heterocycles. The number of aryl methyl sites for hydroxylation is 1. The van der Waals surface area contributed by atoms with Crippen molar-refractivity contribution in [2.75, 3.05) is 5.73 Å². The molecule has 3 N–H and O–H groups in total. The summed E-state index contributed by atoms with van der Waals surface area (Å²) in [4.78, 5) is 8.53. The van der Waals surface area contributed by atoms with Crippen molar-refractivity contribution in [3.8, 4) is 11.5 Å². The molecule has 2 aromatic rings. The van der Waals surface area contributed by atoms with E-state index < -0.39 is 0 Å². The maximum absolute atomic E-state index is 5.83. The van der Waals surface area contributed by atoms with E-state index in [1.54, 1.807) is 6.20 Å². The van der Waals surface area contributed by atoms with E-state index in [0.717, 1.165) is 17.7 Å². The van der Waals surface area contributed by atoms with Crippen LogP contribution in [-0.2, 0) is 6.42 Å². The van der Waals surface area contributed by atoms with E-state index >= 15 is 0 Å². The van der Waals surface area contributed by atoms with Crippen LogP contribution >= 0.6 is 0 Å². The lowest BCUT2D eigenvalue weighted by molar-refractivity contribution is 0.934. The van der Waals surface area contributed by atoms with Crippen molar-refractivity contribution in [3.63, 3.8) is 0 Å². The Morgan fingerprint density at radius 2 is 2.20 bits per heavy atom. The molecule has 0 bridgehead atoms. The zero-order valence-corrected chi connectivity index (χ0v) is 8.65. The van der Waals surface area contributed by atoms with E-state index in [4.69, 9.17) is 5.73 Å². The lowest BCUT2D eigenvalue weighted by Gasteiger charge is -2.06. The Kier molecular flexibility index (Phi) is 2.32. The number of hydrogen-bond donors (Lipinski definition) is 2. The number of aromatic amines is 1. The van der Waals surface area contributed by atoms with E-state index in [2.05, 4.69) is 25.4 Å². The van der Waals surface area contributed by atoms with Gasteiger partial charge in [-0.15, -0.1) is 0 Å². The highest BCUT2D eigenvalue weighted by Gasteiger charge is 2.10. The fraction of sp³-hybridized carbons (Fsp3) is 0.333. The van der Waals surface area contributed by atoms with Crippen LogP contribution in [0, 0.1) is 6.92 Å². The van der Waals surface area contributed by atoms with Gasteiger partial charge in [-0.1, -0.05) is 6.92 Å². The molecule has 6 heteroatoms. The molecular formula is C9H12N6. The Morgan fingerprint density at radius 3 is 2.73 bits per heavy atom. The van der Waals surface area contributed by atoms with Crippen molar-refractivity contribution in [1.82, 2.24) is 25.4 Å². The van der Waals surface area contributed by atoms with Crippen molar-refractivity contribution < 1.29 is 0 Å². The van der Waals surface area contributed by atoms with Crippen LogP contribution in [0.4, 0.5) is 5.82 Å². The summed E-state index contributed by atoms with van der Waals surface area (Å²) in [5.74, 6) is 1.03. The predicted molar refractivity (Wildman–Crippen MR) is 55.9 cm³/mol. The van der Waals surface area contributed by atoms with Gasteiger partial charge < -0.3 is 5.73 Å². The van der Waals surface area contributed by atoms with Crippen molar-refractivity contribution in [1.29, 1.82) is 0 Å². The van der Waals surface area contributed by atoms with E-state index in [1.165, 1.54) is 0 Å². The summed E-state index contributed by atoms with van der Waals surface area (Å²) in [7, 11) is 0. The molecule has 0 radical (unpaired) electrons. The summed E-state index contributed by atoms with van der Waals surface area (Å²) in [5, 5.41) is 10.1. The van der Waals surface area contributed by atoms with Crippen LogP contribution in [0.5, 0.6) is 0 Å². The van der Waals surface area contributed by atoms with Gasteiger partial charge in [0.1, 0.15) is 11.5 Å². The van der Waals surface area contributed by atoms with Crippen molar-refractivity contribution in [2.24, 2.45) is 0 Å². The minimum Gasteiger partial charge on any atom is -0.383 e. The largest absolute Gasteiger partial charge is 0.383 e. The van der Waals surface area contributed by atoms with Crippen molar-refractivity contribution in [2.45, 2.75) is 20.3 Å². The highest BCUT2D eigenvalue weighted by atomic mass is 15.3. The number of nitrogen functional groups attached to an aromatic ring is 1. The molecule has 0 atom stereocenters. The number of anilines is 1. The summed E-state index contributed by atoms with van der Waals surface area (Å²) in [6, 6.07) is 0. The maximum Gasteiger partial charge on any atom is 0.183 e. The second-order valence-corrected chi connectivity index (χ2v) is 3.21. The number of aromatic nitrogens is 5. The molecule has 15 heavy (non-hydrogen) atoms. The Bertz CT molecular complexity index is 438. The second kappa shape index (κ2) is 3.64. The van der Waals surface area contributed by atoms with E-state index in [0.29, 0.717) is 17.3 Å². The zero-order chi connectivity index (χ0) is 10.8. The molecule has 2 rings (SSSR count). The average Bonchev–Trinajstić information content (AvgIpc) is 2.69. The molecule has 0 aliphatic heterocycles. The van der Waals surface area contributed by atoms with E-state index in [-0.39, 0.29) is 0 Å². The van der Waals surface area contributed by atoms with Crippen LogP contribution in [0.15, 0.2) is 6.20 Å². The van der Waals surface area contributed by atoms with Crippen LogP contribution in [0.2, 0.25) is 0 Å². The Labute approximate surface area is 86.9 Å². The Morgan fingerprint density at radius 1 is 1.40 bits per heavy atom. The topological polar surface area (TPSA) is 93.4 Å². The quantitative estimate of drug-likeness (QED) is 0.751. The van der Waals surface area contributed by atoms with Gasteiger partial charge in [-0.3, -0.25) is 0 Å². The van der Waals surface area contributed by atoms with Crippen LogP contribution in [0.3, 0.4) is 0 Å². The first-order valence-corrected chi connectivity index (χ1v) is 4.71. The Balaban J connectivity index is 2.53. The van der Waals surface area contributed by atoms with Gasteiger partial charge >= 0.3 is 0 Å². The third-order valence-corrected chi connectivity index (χ3v) is 2.24. The predicted octanol–water partition coefficient (Wildman–Crippen LogP) is 0.715. The van der Waals surface area contributed by atoms with Crippen LogP contribution in [0.25, 0.3) is 11.5 Å². The second-order valence-electron chi connectivity index (χ2n) is 3.21. The standard InChI is InChI=1S/C9H12N6/c1-3-6-5(2)12-9(13-8(6)10)7-4-11-15-14-7/h4H,3H2,1-2H3,(H2,10,12,13)(H,11,14,15). The third-order valence-electron chi connectivity index (χ3n) is 2.24.